The number of carbonyl (C=O) groups is 1. The summed E-state index contributed by atoms with van der Waals surface area (Å²) in [5.74, 6) is 1.23. The Labute approximate surface area is 122 Å². The van der Waals surface area contributed by atoms with Crippen molar-refractivity contribution in [1.82, 2.24) is 9.88 Å². The molecule has 0 N–H and O–H groups in total. The fourth-order valence-corrected chi connectivity index (χ4v) is 4.31. The number of nitrogens with zero attached hydrogens (tertiary/aromatic N) is 2. The molecule has 20 heavy (non-hydrogen) atoms. The fraction of sp³-hybridized carbons (Fsp3) is 0.500. The summed E-state index contributed by atoms with van der Waals surface area (Å²) in [6.45, 7) is 3.08. The highest BCUT2D eigenvalue weighted by atomic mass is 32.1. The van der Waals surface area contributed by atoms with Crippen molar-refractivity contribution in [3.05, 3.63) is 29.3 Å². The number of amides is 1. The van der Waals surface area contributed by atoms with Crippen molar-refractivity contribution in [3.63, 3.8) is 0 Å². The molecule has 1 saturated carbocycles. The Morgan fingerprint density at radius 1 is 1.40 bits per heavy atom. The average molecular weight is 286 g/mol. The van der Waals surface area contributed by atoms with E-state index in [0.717, 1.165) is 36.3 Å². The van der Waals surface area contributed by atoms with Gasteiger partial charge in [0.1, 0.15) is 5.01 Å². The molecule has 2 aromatic rings. The largest absolute Gasteiger partial charge is 0.333 e. The molecule has 0 radical (unpaired) electrons. The third kappa shape index (κ3) is 1.94. The van der Waals surface area contributed by atoms with Gasteiger partial charge < -0.3 is 4.90 Å². The molecule has 1 aromatic heterocycles. The summed E-state index contributed by atoms with van der Waals surface area (Å²) in [4.78, 5) is 19.4. The second-order valence-corrected chi connectivity index (χ2v) is 7.09. The zero-order valence-corrected chi connectivity index (χ0v) is 12.4. The third-order valence-corrected chi connectivity index (χ3v) is 5.70. The number of carbonyl (C=O) groups excluding carboxylic acids is 1. The summed E-state index contributed by atoms with van der Waals surface area (Å²) in [5.41, 5.74) is 1.06. The van der Waals surface area contributed by atoms with Gasteiger partial charge in [-0.1, -0.05) is 19.1 Å². The molecule has 1 saturated heterocycles. The molecule has 0 spiro atoms. The summed E-state index contributed by atoms with van der Waals surface area (Å²) in [6.07, 6.45) is 3.24. The standard InChI is InChI=1S/C16H18N2OS/c1-10-9-11(10)16(19)18-8-4-6-13(18)15-17-12-5-2-3-7-14(12)20-15/h2-3,5,7,10-11,13H,4,6,8-9H2,1H3/t10-,11-,13-/m1/s1. The van der Waals surface area contributed by atoms with Crippen LogP contribution in [-0.2, 0) is 4.79 Å². The van der Waals surface area contributed by atoms with Crippen LogP contribution in [0.1, 0.15) is 37.2 Å². The van der Waals surface area contributed by atoms with Crippen molar-refractivity contribution in [2.75, 3.05) is 6.54 Å². The van der Waals surface area contributed by atoms with Crippen LogP contribution in [0.15, 0.2) is 24.3 Å². The van der Waals surface area contributed by atoms with E-state index >= 15 is 0 Å². The Morgan fingerprint density at radius 3 is 2.95 bits per heavy atom. The summed E-state index contributed by atoms with van der Waals surface area (Å²) in [7, 11) is 0. The van der Waals surface area contributed by atoms with E-state index in [4.69, 9.17) is 4.98 Å². The highest BCUT2D eigenvalue weighted by molar-refractivity contribution is 7.18. The number of thiazole rings is 1. The van der Waals surface area contributed by atoms with Crippen LogP contribution in [0, 0.1) is 11.8 Å². The van der Waals surface area contributed by atoms with E-state index in [9.17, 15) is 4.79 Å². The molecule has 2 aliphatic rings. The van der Waals surface area contributed by atoms with Crippen molar-refractivity contribution >= 4 is 27.5 Å². The van der Waals surface area contributed by atoms with E-state index in [1.54, 1.807) is 11.3 Å². The second-order valence-electron chi connectivity index (χ2n) is 6.03. The van der Waals surface area contributed by atoms with Gasteiger partial charge in [-0.05, 0) is 37.3 Å². The number of hydrogen-bond donors (Lipinski definition) is 0. The van der Waals surface area contributed by atoms with Crippen molar-refractivity contribution in [3.8, 4) is 0 Å². The van der Waals surface area contributed by atoms with Crippen LogP contribution in [0.5, 0.6) is 0 Å². The molecule has 1 amide bonds. The first-order valence-electron chi connectivity index (χ1n) is 7.40. The van der Waals surface area contributed by atoms with Crippen molar-refractivity contribution in [1.29, 1.82) is 0 Å². The number of hydrogen-bond acceptors (Lipinski definition) is 3. The number of aromatic nitrogens is 1. The lowest BCUT2D eigenvalue weighted by Gasteiger charge is -2.23. The van der Waals surface area contributed by atoms with Crippen LogP contribution in [0.2, 0.25) is 0 Å². The first kappa shape index (κ1) is 12.3. The number of rotatable bonds is 2. The minimum absolute atomic E-state index is 0.215. The summed E-state index contributed by atoms with van der Waals surface area (Å²) in [5, 5.41) is 1.12. The van der Waals surface area contributed by atoms with Gasteiger partial charge in [-0.15, -0.1) is 11.3 Å². The molecule has 4 rings (SSSR count). The normalized spacial score (nSPS) is 29.1. The predicted molar refractivity (Wildman–Crippen MR) is 80.6 cm³/mol. The van der Waals surface area contributed by atoms with Crippen LogP contribution in [0.3, 0.4) is 0 Å². The van der Waals surface area contributed by atoms with Gasteiger partial charge in [0.2, 0.25) is 5.91 Å². The van der Waals surface area contributed by atoms with Crippen LogP contribution >= 0.6 is 11.3 Å². The van der Waals surface area contributed by atoms with Gasteiger partial charge in [0.15, 0.2) is 0 Å². The molecular formula is C16H18N2OS. The number of likely N-dealkylation sites (tertiary alicyclic amines) is 1. The lowest BCUT2D eigenvalue weighted by molar-refractivity contribution is -0.133. The molecule has 1 aliphatic heterocycles. The Balaban J connectivity index is 1.64. The van der Waals surface area contributed by atoms with Crippen LogP contribution in [0.4, 0.5) is 0 Å². The molecule has 2 fully saturated rings. The van der Waals surface area contributed by atoms with Gasteiger partial charge in [-0.3, -0.25) is 4.79 Å². The maximum atomic E-state index is 12.5. The van der Waals surface area contributed by atoms with Gasteiger partial charge in [0.25, 0.3) is 0 Å². The van der Waals surface area contributed by atoms with Crippen LogP contribution < -0.4 is 0 Å². The smallest absolute Gasteiger partial charge is 0.226 e. The number of fused-ring (bicyclic) bond motifs is 1. The topological polar surface area (TPSA) is 33.2 Å². The van der Waals surface area contributed by atoms with Gasteiger partial charge >= 0.3 is 0 Å². The summed E-state index contributed by atoms with van der Waals surface area (Å²) < 4.78 is 1.22. The van der Waals surface area contributed by atoms with Crippen LogP contribution in [-0.4, -0.2) is 22.3 Å². The first-order chi connectivity index (χ1) is 9.74. The quantitative estimate of drug-likeness (QED) is 0.845. The van der Waals surface area contributed by atoms with Gasteiger partial charge in [-0.2, -0.15) is 0 Å². The maximum Gasteiger partial charge on any atom is 0.226 e. The summed E-state index contributed by atoms with van der Waals surface area (Å²) >= 11 is 1.74. The van der Waals surface area contributed by atoms with Crippen molar-refractivity contribution in [2.24, 2.45) is 11.8 Å². The van der Waals surface area contributed by atoms with Crippen molar-refractivity contribution in [2.45, 2.75) is 32.2 Å². The maximum absolute atomic E-state index is 12.5. The zero-order chi connectivity index (χ0) is 13.7. The highest BCUT2D eigenvalue weighted by Gasteiger charge is 2.44. The predicted octanol–water partition coefficient (Wildman–Crippen LogP) is 3.62. The van der Waals surface area contributed by atoms with Crippen LogP contribution in [0.25, 0.3) is 10.2 Å². The third-order valence-electron chi connectivity index (χ3n) is 4.56. The van der Waals surface area contributed by atoms with E-state index in [0.29, 0.717) is 11.8 Å². The molecule has 1 aliphatic carbocycles. The lowest BCUT2D eigenvalue weighted by Crippen LogP contribution is -2.32. The molecule has 4 heteroatoms. The molecule has 0 bridgehead atoms. The highest BCUT2D eigenvalue weighted by Crippen LogP contribution is 2.44. The van der Waals surface area contributed by atoms with E-state index in [1.807, 2.05) is 12.1 Å². The fourth-order valence-electron chi connectivity index (χ4n) is 3.20. The lowest BCUT2D eigenvalue weighted by atomic mass is 10.2. The van der Waals surface area contributed by atoms with Gasteiger partial charge in [0, 0.05) is 12.5 Å². The Bertz CT molecular complexity index is 632. The number of benzene rings is 1. The molecule has 3 nitrogen and oxygen atoms in total. The first-order valence-corrected chi connectivity index (χ1v) is 8.21. The number of para-hydroxylation sites is 1. The SMILES string of the molecule is C[C@@H]1C[C@H]1C(=O)N1CCC[C@@H]1c1nc2ccccc2s1. The van der Waals surface area contributed by atoms with E-state index in [2.05, 4.69) is 24.0 Å². The Hall–Kier alpha value is -1.42. The van der Waals surface area contributed by atoms with Gasteiger partial charge in [-0.25, -0.2) is 4.98 Å². The minimum Gasteiger partial charge on any atom is -0.333 e. The van der Waals surface area contributed by atoms with E-state index in [-0.39, 0.29) is 12.0 Å². The Morgan fingerprint density at radius 2 is 2.20 bits per heavy atom. The Kier molecular flexibility index (Phi) is 2.81. The molecule has 104 valence electrons. The average Bonchev–Trinajstić information content (AvgIpc) is 2.92. The molecule has 3 atom stereocenters. The summed E-state index contributed by atoms with van der Waals surface area (Å²) in [6, 6.07) is 8.45. The van der Waals surface area contributed by atoms with E-state index < -0.39 is 0 Å². The monoisotopic (exact) mass is 286 g/mol. The molecular weight excluding hydrogens is 268 g/mol. The zero-order valence-electron chi connectivity index (χ0n) is 11.6. The molecule has 2 heterocycles. The van der Waals surface area contributed by atoms with E-state index in [1.165, 1.54) is 4.70 Å². The molecule has 0 unspecified atom stereocenters. The minimum atomic E-state index is 0.215. The second kappa shape index (κ2) is 4.55. The van der Waals surface area contributed by atoms with Gasteiger partial charge in [0.05, 0.1) is 16.3 Å². The molecule has 1 aromatic carbocycles. The van der Waals surface area contributed by atoms with Crippen molar-refractivity contribution < 1.29 is 4.79 Å².